The third-order valence-electron chi connectivity index (χ3n) is 6.89. The first-order chi connectivity index (χ1) is 19.2. The van der Waals surface area contributed by atoms with E-state index < -0.39 is 0 Å². The Kier molecular flexibility index (Phi) is 8.94. The average Bonchev–Trinajstić information content (AvgIpc) is 2.93. The molecular weight excluding hydrogens is 500 g/mol. The molecule has 3 aromatic carbocycles. The summed E-state index contributed by atoms with van der Waals surface area (Å²) < 4.78 is 11.4. The maximum Gasteiger partial charge on any atom is 0.267 e. The standard InChI is InChI=1S/C33H38N4O3/c1-6-9-23-18-26(34)19-29(35)28(23)16-22-15-24(33(40-5)31(17-22)39-4)12-13-32(38)37-30(14-21(2)3)27-11-8-7-10-25(27)20-36-37/h7-8,10-15,17-20,30H,6,9,16,34-35H2,1-5H3/b13-12+. The maximum atomic E-state index is 13.5. The molecule has 40 heavy (non-hydrogen) atoms. The highest BCUT2D eigenvalue weighted by Gasteiger charge is 2.26. The Morgan fingerprint density at radius 3 is 2.55 bits per heavy atom. The molecule has 0 saturated carbocycles. The zero-order valence-corrected chi connectivity index (χ0v) is 23.9. The van der Waals surface area contributed by atoms with Crippen LogP contribution < -0.4 is 20.9 Å². The number of carbonyl (C=O) groups excluding carboxylic acids is 1. The molecule has 0 fully saturated rings. The van der Waals surface area contributed by atoms with Crippen LogP contribution in [0.1, 0.15) is 66.6 Å². The first-order valence-electron chi connectivity index (χ1n) is 13.5. The molecule has 4 rings (SSSR count). The molecule has 0 radical (unpaired) electrons. The first kappa shape index (κ1) is 28.5. The molecule has 1 aliphatic rings. The van der Waals surface area contributed by atoms with Crippen molar-refractivity contribution in [2.75, 3.05) is 25.7 Å². The summed E-state index contributed by atoms with van der Waals surface area (Å²) in [5.74, 6) is 0.876. The van der Waals surface area contributed by atoms with Crippen LogP contribution >= 0.6 is 0 Å². The van der Waals surface area contributed by atoms with Crippen LogP contribution in [0.25, 0.3) is 6.08 Å². The van der Waals surface area contributed by atoms with Gasteiger partial charge in [0.05, 0.1) is 26.5 Å². The highest BCUT2D eigenvalue weighted by molar-refractivity contribution is 5.95. The van der Waals surface area contributed by atoms with Crippen molar-refractivity contribution < 1.29 is 14.3 Å². The second-order valence-electron chi connectivity index (χ2n) is 10.2. The number of nitrogens with two attached hydrogens (primary N) is 2. The second kappa shape index (κ2) is 12.6. The van der Waals surface area contributed by atoms with Gasteiger partial charge in [0.25, 0.3) is 5.91 Å². The minimum atomic E-state index is -0.295. The Bertz CT molecular complexity index is 1490. The molecule has 0 spiro atoms. The minimum Gasteiger partial charge on any atom is -0.493 e. The van der Waals surface area contributed by atoms with Crippen LogP contribution in [0.15, 0.2) is 71.4 Å². The number of anilines is 2. The van der Waals surface area contributed by atoms with Crippen molar-refractivity contribution in [3.05, 3.63) is 99.6 Å². The molecular formula is C33H38N4O3. The molecule has 0 aromatic heterocycles. The quantitative estimate of drug-likeness (QED) is 0.189. The van der Waals surface area contributed by atoms with E-state index in [0.29, 0.717) is 29.3 Å². The van der Waals surface area contributed by atoms with Gasteiger partial charge in [0.1, 0.15) is 0 Å². The molecule has 3 aromatic rings. The van der Waals surface area contributed by atoms with Crippen molar-refractivity contribution in [1.29, 1.82) is 0 Å². The average molecular weight is 539 g/mol. The molecule has 208 valence electrons. The highest BCUT2D eigenvalue weighted by atomic mass is 16.5. The van der Waals surface area contributed by atoms with Gasteiger partial charge in [-0.05, 0) is 79.3 Å². The van der Waals surface area contributed by atoms with Gasteiger partial charge in [-0.1, -0.05) is 49.3 Å². The monoisotopic (exact) mass is 538 g/mol. The van der Waals surface area contributed by atoms with Crippen LogP contribution in [0.3, 0.4) is 0 Å². The number of hydrazone groups is 1. The number of carbonyl (C=O) groups is 1. The fraction of sp³-hybridized carbons (Fsp3) is 0.273. The summed E-state index contributed by atoms with van der Waals surface area (Å²) in [6.07, 6.45) is 9.51. The summed E-state index contributed by atoms with van der Waals surface area (Å²) in [5.41, 5.74) is 20.8. The zero-order valence-electron chi connectivity index (χ0n) is 23.9. The molecule has 1 atom stereocenters. The van der Waals surface area contributed by atoms with Gasteiger partial charge in [0.2, 0.25) is 0 Å². The zero-order chi connectivity index (χ0) is 28.8. The maximum absolute atomic E-state index is 13.5. The fourth-order valence-electron chi connectivity index (χ4n) is 5.11. The fourth-order valence-corrected chi connectivity index (χ4v) is 5.11. The van der Waals surface area contributed by atoms with E-state index in [1.807, 2.05) is 56.3 Å². The number of benzene rings is 3. The lowest BCUT2D eigenvalue weighted by Gasteiger charge is -2.29. The van der Waals surface area contributed by atoms with Crippen LogP contribution in [-0.2, 0) is 17.6 Å². The molecule has 4 N–H and O–H groups in total. The first-order valence-corrected chi connectivity index (χ1v) is 13.5. The van der Waals surface area contributed by atoms with Crippen molar-refractivity contribution in [1.82, 2.24) is 5.01 Å². The number of nitrogens with zero attached hydrogens (tertiary/aromatic N) is 2. The van der Waals surface area contributed by atoms with Crippen LogP contribution in [0.4, 0.5) is 11.4 Å². The predicted molar refractivity (Wildman–Crippen MR) is 164 cm³/mol. The van der Waals surface area contributed by atoms with Gasteiger partial charge in [-0.3, -0.25) is 4.79 Å². The number of aryl methyl sites for hydroxylation is 1. The van der Waals surface area contributed by atoms with E-state index in [1.165, 1.54) is 11.1 Å². The number of hydrogen-bond donors (Lipinski definition) is 2. The summed E-state index contributed by atoms with van der Waals surface area (Å²) in [7, 11) is 3.19. The SMILES string of the molecule is CCCc1cc(N)cc(N)c1Cc1cc(/C=C/C(=O)N2N=Cc3ccccc3C2C=C(C)C)c(OC)c(OC)c1. The molecule has 7 nitrogen and oxygen atoms in total. The van der Waals surface area contributed by atoms with Gasteiger partial charge in [-0.2, -0.15) is 5.10 Å². The van der Waals surface area contributed by atoms with E-state index in [2.05, 4.69) is 18.1 Å². The van der Waals surface area contributed by atoms with Crippen LogP contribution in [0.2, 0.25) is 0 Å². The van der Waals surface area contributed by atoms with Gasteiger partial charge in [0.15, 0.2) is 11.5 Å². The third-order valence-corrected chi connectivity index (χ3v) is 6.89. The van der Waals surface area contributed by atoms with Crippen molar-refractivity contribution in [3.63, 3.8) is 0 Å². The van der Waals surface area contributed by atoms with Crippen LogP contribution in [0, 0.1) is 0 Å². The summed E-state index contributed by atoms with van der Waals surface area (Å²) in [5, 5.41) is 6.00. The molecule has 1 amide bonds. The van der Waals surface area contributed by atoms with Crippen molar-refractivity contribution in [2.45, 2.75) is 46.1 Å². The number of allylic oxidation sites excluding steroid dienone is 1. The Morgan fingerprint density at radius 2 is 1.85 bits per heavy atom. The highest BCUT2D eigenvalue weighted by Crippen LogP contribution is 2.36. The second-order valence-corrected chi connectivity index (χ2v) is 10.2. The number of amides is 1. The van der Waals surface area contributed by atoms with Crippen LogP contribution in [0.5, 0.6) is 11.5 Å². The Balaban J connectivity index is 1.69. The molecule has 7 heteroatoms. The van der Waals surface area contributed by atoms with E-state index >= 15 is 0 Å². The summed E-state index contributed by atoms with van der Waals surface area (Å²) in [6.45, 7) is 6.16. The lowest BCUT2D eigenvalue weighted by atomic mass is 9.93. The molecule has 1 heterocycles. The largest absolute Gasteiger partial charge is 0.493 e. The molecule has 0 aliphatic carbocycles. The number of methoxy groups -OCH3 is 2. The lowest BCUT2D eigenvalue weighted by Crippen LogP contribution is -2.31. The molecule has 1 unspecified atom stereocenters. The summed E-state index contributed by atoms with van der Waals surface area (Å²) in [6, 6.07) is 15.4. The topological polar surface area (TPSA) is 103 Å². The molecule has 0 bridgehead atoms. The number of hydrogen-bond acceptors (Lipinski definition) is 6. The summed E-state index contributed by atoms with van der Waals surface area (Å²) in [4.78, 5) is 13.5. The van der Waals surface area contributed by atoms with E-state index in [1.54, 1.807) is 32.6 Å². The van der Waals surface area contributed by atoms with E-state index in [-0.39, 0.29) is 11.9 Å². The van der Waals surface area contributed by atoms with Gasteiger partial charge in [-0.15, -0.1) is 0 Å². The Morgan fingerprint density at radius 1 is 1.07 bits per heavy atom. The van der Waals surface area contributed by atoms with Crippen LogP contribution in [-0.4, -0.2) is 31.4 Å². The van der Waals surface area contributed by atoms with E-state index in [9.17, 15) is 4.79 Å². The van der Waals surface area contributed by atoms with Crippen molar-refractivity contribution in [3.8, 4) is 11.5 Å². The van der Waals surface area contributed by atoms with Gasteiger partial charge in [-0.25, -0.2) is 5.01 Å². The lowest BCUT2D eigenvalue weighted by molar-refractivity contribution is -0.127. The summed E-state index contributed by atoms with van der Waals surface area (Å²) >= 11 is 0. The smallest absolute Gasteiger partial charge is 0.267 e. The predicted octanol–water partition coefficient (Wildman–Crippen LogP) is 6.31. The van der Waals surface area contributed by atoms with E-state index in [0.717, 1.165) is 51.8 Å². The Labute approximate surface area is 236 Å². The van der Waals surface area contributed by atoms with Gasteiger partial charge >= 0.3 is 0 Å². The molecule has 1 aliphatic heterocycles. The van der Waals surface area contributed by atoms with Gasteiger partial charge in [0, 0.05) is 28.6 Å². The van der Waals surface area contributed by atoms with Gasteiger partial charge < -0.3 is 20.9 Å². The normalized spacial score (nSPS) is 14.2. The van der Waals surface area contributed by atoms with Crippen molar-refractivity contribution in [2.24, 2.45) is 5.10 Å². The van der Waals surface area contributed by atoms with Crippen molar-refractivity contribution >= 4 is 29.6 Å². The number of ether oxygens (including phenoxy) is 2. The number of rotatable bonds is 9. The Hall–Kier alpha value is -4.52. The van der Waals surface area contributed by atoms with E-state index in [4.69, 9.17) is 20.9 Å². The minimum absolute atomic E-state index is 0.243. The number of nitrogen functional groups attached to an aromatic ring is 2. The molecule has 0 saturated heterocycles. The number of fused-ring (bicyclic) bond motifs is 1. The third kappa shape index (κ3) is 6.20.